The number of carbonyl (C=O) groups excluding carboxylic acids is 2. The lowest BCUT2D eigenvalue weighted by molar-refractivity contribution is 0.101. The molecule has 2 aliphatic heterocycles. The zero-order valence-electron chi connectivity index (χ0n) is 13.3. The van der Waals surface area contributed by atoms with Gasteiger partial charge in [0, 0.05) is 26.2 Å². The van der Waals surface area contributed by atoms with Crippen LogP contribution >= 0.6 is 0 Å². The van der Waals surface area contributed by atoms with Crippen molar-refractivity contribution in [2.75, 3.05) is 28.2 Å². The number of ketones is 1. The number of Topliss-reactive ketones (excluding diaryl/α,β-unsaturated/α-hetero) is 1. The minimum absolute atomic E-state index is 0.0518. The normalized spacial score (nSPS) is 18.3. The van der Waals surface area contributed by atoms with E-state index >= 15 is 0 Å². The summed E-state index contributed by atoms with van der Waals surface area (Å²) in [5.74, 6) is 0.924. The van der Waals surface area contributed by atoms with E-state index in [0.717, 1.165) is 25.2 Å². The molecular weight excluding hydrogens is 306 g/mol. The average molecular weight is 323 g/mol. The minimum Gasteiger partial charge on any atom is -0.366 e. The van der Waals surface area contributed by atoms with Gasteiger partial charge in [-0.2, -0.15) is 0 Å². The first-order valence-corrected chi connectivity index (χ1v) is 7.91. The third-order valence-electron chi connectivity index (χ3n) is 4.43. The van der Waals surface area contributed by atoms with Crippen molar-refractivity contribution in [2.45, 2.75) is 19.4 Å². The van der Waals surface area contributed by atoms with Crippen LogP contribution in [-0.4, -0.2) is 40.9 Å². The molecule has 24 heavy (non-hydrogen) atoms. The largest absolute Gasteiger partial charge is 0.366 e. The number of hydrogen-bond donors (Lipinski definition) is 1. The van der Waals surface area contributed by atoms with Crippen molar-refractivity contribution < 1.29 is 9.59 Å². The molecule has 4 rings (SSSR count). The summed E-state index contributed by atoms with van der Waals surface area (Å²) in [6, 6.07) is 8.72. The maximum absolute atomic E-state index is 12.8. The number of amides is 2. The van der Waals surface area contributed by atoms with E-state index in [1.165, 1.54) is 6.92 Å². The highest BCUT2D eigenvalue weighted by Gasteiger charge is 2.40. The van der Waals surface area contributed by atoms with Gasteiger partial charge in [-0.25, -0.2) is 14.8 Å². The van der Waals surface area contributed by atoms with Crippen molar-refractivity contribution >= 4 is 29.1 Å². The summed E-state index contributed by atoms with van der Waals surface area (Å²) in [7, 11) is 0. The first-order chi connectivity index (χ1) is 11.6. The summed E-state index contributed by atoms with van der Waals surface area (Å²) in [5, 5.41) is 2.82. The summed E-state index contributed by atoms with van der Waals surface area (Å²) >= 11 is 0. The van der Waals surface area contributed by atoms with Crippen LogP contribution < -0.4 is 15.1 Å². The Morgan fingerprint density at radius 3 is 2.88 bits per heavy atom. The first kappa shape index (κ1) is 14.6. The molecule has 2 amide bonds. The van der Waals surface area contributed by atoms with E-state index in [2.05, 4.69) is 20.2 Å². The summed E-state index contributed by atoms with van der Waals surface area (Å²) in [6.07, 6.45) is 2.50. The Bertz CT molecular complexity index is 808. The number of hydrogen-bond acceptors (Lipinski definition) is 5. The van der Waals surface area contributed by atoms with E-state index in [1.807, 2.05) is 12.1 Å². The zero-order chi connectivity index (χ0) is 16.7. The fourth-order valence-electron chi connectivity index (χ4n) is 3.27. The number of carbonyl (C=O) groups is 2. The SMILES string of the molecule is CC(=O)c1ccc2c(n1)N(C(=O)Nc1ccccn1)[C@H]1CCN2C1. The highest BCUT2D eigenvalue weighted by atomic mass is 16.2. The molecule has 0 aromatic carbocycles. The third kappa shape index (κ3) is 2.38. The molecule has 2 aromatic heterocycles. The third-order valence-corrected chi connectivity index (χ3v) is 4.43. The smallest absolute Gasteiger partial charge is 0.329 e. The second kappa shape index (κ2) is 5.59. The Balaban J connectivity index is 1.72. The summed E-state index contributed by atoms with van der Waals surface area (Å²) in [5.41, 5.74) is 1.26. The lowest BCUT2D eigenvalue weighted by Crippen LogP contribution is -2.48. The number of fused-ring (bicyclic) bond motifs is 4. The van der Waals surface area contributed by atoms with Gasteiger partial charge in [-0.3, -0.25) is 15.0 Å². The Morgan fingerprint density at radius 1 is 1.25 bits per heavy atom. The van der Waals surface area contributed by atoms with E-state index in [1.54, 1.807) is 29.3 Å². The number of pyridine rings is 2. The van der Waals surface area contributed by atoms with Crippen LogP contribution in [0.3, 0.4) is 0 Å². The van der Waals surface area contributed by atoms with Gasteiger partial charge in [0.05, 0.1) is 11.7 Å². The molecular formula is C17H17N5O2. The van der Waals surface area contributed by atoms with Crippen LogP contribution in [0, 0.1) is 0 Å². The zero-order valence-corrected chi connectivity index (χ0v) is 13.3. The van der Waals surface area contributed by atoms with Gasteiger partial charge in [0.1, 0.15) is 11.5 Å². The fourth-order valence-corrected chi connectivity index (χ4v) is 3.27. The summed E-state index contributed by atoms with van der Waals surface area (Å²) < 4.78 is 0. The Hall–Kier alpha value is -2.96. The molecule has 0 radical (unpaired) electrons. The van der Waals surface area contributed by atoms with Crippen LogP contribution in [0.15, 0.2) is 36.5 Å². The first-order valence-electron chi connectivity index (χ1n) is 7.91. The quantitative estimate of drug-likeness (QED) is 0.858. The molecule has 122 valence electrons. The Labute approximate surface area is 139 Å². The predicted octanol–water partition coefficient (Wildman–Crippen LogP) is 2.31. The predicted molar refractivity (Wildman–Crippen MR) is 90.6 cm³/mol. The monoisotopic (exact) mass is 323 g/mol. The molecule has 2 aliphatic rings. The van der Waals surface area contributed by atoms with Crippen LogP contribution in [-0.2, 0) is 0 Å². The van der Waals surface area contributed by atoms with Crippen molar-refractivity contribution in [3.05, 3.63) is 42.2 Å². The van der Waals surface area contributed by atoms with Gasteiger partial charge in [-0.05, 0) is 30.7 Å². The molecule has 1 fully saturated rings. The standard InChI is InChI=1S/C17H17N5O2/c1-11(23)13-5-6-14-16(19-13)22(12-7-9-21(14)10-12)17(24)20-15-4-2-3-8-18-15/h2-6,8,12H,7,9-10H2,1H3,(H,18,20,24)/t12-/m0/s1. The fraction of sp³-hybridized carbons (Fsp3) is 0.294. The molecule has 1 N–H and O–H groups in total. The maximum atomic E-state index is 12.8. The molecule has 7 heteroatoms. The molecule has 7 nitrogen and oxygen atoms in total. The van der Waals surface area contributed by atoms with Crippen molar-refractivity contribution in [2.24, 2.45) is 0 Å². The van der Waals surface area contributed by atoms with Crippen LogP contribution in [0.5, 0.6) is 0 Å². The summed E-state index contributed by atoms with van der Waals surface area (Å²) in [4.78, 5) is 37.0. The van der Waals surface area contributed by atoms with E-state index < -0.39 is 0 Å². The lowest BCUT2D eigenvalue weighted by Gasteiger charge is -2.35. The second-order valence-corrected chi connectivity index (χ2v) is 6.00. The molecule has 0 spiro atoms. The number of nitrogens with one attached hydrogen (secondary N) is 1. The molecule has 0 aliphatic carbocycles. The molecule has 1 atom stereocenters. The maximum Gasteiger partial charge on any atom is 0.329 e. The Kier molecular flexibility index (Phi) is 3.41. The van der Waals surface area contributed by atoms with Crippen LogP contribution in [0.2, 0.25) is 0 Å². The highest BCUT2D eigenvalue weighted by Crippen LogP contribution is 2.39. The number of nitrogens with zero attached hydrogens (tertiary/aromatic N) is 4. The van der Waals surface area contributed by atoms with Gasteiger partial charge in [-0.1, -0.05) is 6.07 Å². The number of aromatic nitrogens is 2. The van der Waals surface area contributed by atoms with Gasteiger partial charge in [0.15, 0.2) is 11.6 Å². The minimum atomic E-state index is -0.269. The highest BCUT2D eigenvalue weighted by molar-refractivity contribution is 6.04. The van der Waals surface area contributed by atoms with Crippen LogP contribution in [0.25, 0.3) is 0 Å². The Morgan fingerprint density at radius 2 is 2.12 bits per heavy atom. The summed E-state index contributed by atoms with van der Waals surface area (Å²) in [6.45, 7) is 3.14. The van der Waals surface area contributed by atoms with Crippen molar-refractivity contribution in [1.29, 1.82) is 0 Å². The molecule has 0 unspecified atom stereocenters. The van der Waals surface area contributed by atoms with Crippen molar-refractivity contribution in [1.82, 2.24) is 9.97 Å². The molecule has 2 bridgehead atoms. The van der Waals surface area contributed by atoms with Crippen LogP contribution in [0.4, 0.5) is 22.1 Å². The van der Waals surface area contributed by atoms with Crippen molar-refractivity contribution in [3.8, 4) is 0 Å². The van der Waals surface area contributed by atoms with Gasteiger partial charge in [-0.15, -0.1) is 0 Å². The van der Waals surface area contributed by atoms with E-state index in [9.17, 15) is 9.59 Å². The average Bonchev–Trinajstić information content (AvgIpc) is 3.00. The molecule has 4 heterocycles. The van der Waals surface area contributed by atoms with E-state index in [-0.39, 0.29) is 17.9 Å². The molecule has 1 saturated heterocycles. The lowest BCUT2D eigenvalue weighted by atomic mass is 10.1. The number of rotatable bonds is 2. The van der Waals surface area contributed by atoms with E-state index in [0.29, 0.717) is 17.3 Å². The topological polar surface area (TPSA) is 78.4 Å². The van der Waals surface area contributed by atoms with E-state index in [4.69, 9.17) is 0 Å². The second-order valence-electron chi connectivity index (χ2n) is 6.00. The van der Waals surface area contributed by atoms with Gasteiger partial charge < -0.3 is 4.90 Å². The number of urea groups is 1. The molecule has 2 aromatic rings. The van der Waals surface area contributed by atoms with Gasteiger partial charge >= 0.3 is 6.03 Å². The number of anilines is 3. The molecule has 0 saturated carbocycles. The van der Waals surface area contributed by atoms with Gasteiger partial charge in [0.25, 0.3) is 0 Å². The van der Waals surface area contributed by atoms with Gasteiger partial charge in [0.2, 0.25) is 0 Å². The van der Waals surface area contributed by atoms with Crippen molar-refractivity contribution in [3.63, 3.8) is 0 Å². The van der Waals surface area contributed by atoms with Crippen LogP contribution in [0.1, 0.15) is 23.8 Å².